The summed E-state index contributed by atoms with van der Waals surface area (Å²) in [5, 5.41) is 0. The van der Waals surface area contributed by atoms with Gasteiger partial charge in [-0.2, -0.15) is 0 Å². The van der Waals surface area contributed by atoms with Crippen molar-refractivity contribution in [3.05, 3.63) is 0 Å². The van der Waals surface area contributed by atoms with Crippen LogP contribution in [0, 0.1) is 58.2 Å². The molecule has 2 atom stereocenters. The number of rotatable bonds is 4. The molecule has 42 heavy (non-hydrogen) atoms. The molecule has 0 aromatic carbocycles. The summed E-state index contributed by atoms with van der Waals surface area (Å²) >= 11 is 0. The highest BCUT2D eigenvalue weighted by molar-refractivity contribution is 5.04. The van der Waals surface area contributed by atoms with Crippen molar-refractivity contribution < 1.29 is 0 Å². The Hall–Kier alpha value is 0. The summed E-state index contributed by atoms with van der Waals surface area (Å²) in [4.78, 5) is 0. The van der Waals surface area contributed by atoms with E-state index in [2.05, 4.69) is 83.1 Å². The molecule has 0 spiro atoms. The van der Waals surface area contributed by atoms with Gasteiger partial charge >= 0.3 is 0 Å². The highest BCUT2D eigenvalue weighted by atomic mass is 14.6. The van der Waals surface area contributed by atoms with E-state index in [-0.39, 0.29) is 0 Å². The van der Waals surface area contributed by atoms with Gasteiger partial charge in [0.1, 0.15) is 0 Å². The van der Waals surface area contributed by atoms with Gasteiger partial charge in [-0.25, -0.2) is 0 Å². The highest BCUT2D eigenvalue weighted by Crippen LogP contribution is 2.62. The first-order valence-corrected chi connectivity index (χ1v) is 19.8. The zero-order valence-electron chi connectivity index (χ0n) is 31.8. The molecule has 252 valence electrons. The minimum Gasteiger partial charge on any atom is -0.0651 e. The van der Waals surface area contributed by atoms with E-state index < -0.39 is 0 Å². The lowest BCUT2D eigenvalue weighted by Crippen LogP contribution is -2.56. The molecule has 4 rings (SSSR count). The lowest BCUT2D eigenvalue weighted by atomic mass is 9.42. The van der Waals surface area contributed by atoms with E-state index in [1.165, 1.54) is 128 Å². The van der Waals surface area contributed by atoms with Crippen LogP contribution < -0.4 is 0 Å². The largest absolute Gasteiger partial charge is 0.0651 e. The number of hydrogen-bond donors (Lipinski definition) is 0. The third-order valence-electron chi connectivity index (χ3n) is 14.0. The molecule has 0 radical (unpaired) electrons. The fraction of sp³-hybridized carbons (Fsp3) is 1.00. The van der Waals surface area contributed by atoms with Gasteiger partial charge in [0, 0.05) is 0 Å². The molecule has 2 unspecified atom stereocenters. The van der Waals surface area contributed by atoms with Gasteiger partial charge in [0.2, 0.25) is 0 Å². The summed E-state index contributed by atoms with van der Waals surface area (Å²) in [6.45, 7) is 28.5. The maximum atomic E-state index is 2.42. The molecule has 0 heteroatoms. The van der Waals surface area contributed by atoms with Gasteiger partial charge in [-0.3, -0.25) is 0 Å². The Morgan fingerprint density at radius 1 is 0.381 bits per heavy atom. The summed E-state index contributed by atoms with van der Waals surface area (Å²) in [6, 6.07) is 0. The highest BCUT2D eigenvalue weighted by Gasteiger charge is 2.56. The molecule has 0 aromatic heterocycles. The van der Waals surface area contributed by atoms with Gasteiger partial charge in [0.05, 0.1) is 0 Å². The van der Waals surface area contributed by atoms with Gasteiger partial charge in [-0.1, -0.05) is 212 Å². The molecule has 0 aromatic rings. The van der Waals surface area contributed by atoms with Crippen molar-refractivity contribution in [1.82, 2.24) is 0 Å². The maximum absolute atomic E-state index is 2.42. The first-order chi connectivity index (χ1) is 19.8. The average Bonchev–Trinajstić information content (AvgIpc) is 3.01. The van der Waals surface area contributed by atoms with Crippen molar-refractivity contribution in [2.45, 2.75) is 212 Å². The third-order valence-corrected chi connectivity index (χ3v) is 14.0. The minimum absolute atomic E-state index is 0.573. The maximum Gasteiger partial charge on any atom is -0.0292 e. The molecule has 0 aliphatic heterocycles. The van der Waals surface area contributed by atoms with Crippen molar-refractivity contribution in [2.24, 2.45) is 58.2 Å². The van der Waals surface area contributed by atoms with E-state index in [9.17, 15) is 0 Å². The molecule has 4 fully saturated rings. The monoisotopic (exact) mass is 589 g/mol. The quantitative estimate of drug-likeness (QED) is 0.306. The van der Waals surface area contributed by atoms with Crippen molar-refractivity contribution in [2.75, 3.05) is 0 Å². The fourth-order valence-electron chi connectivity index (χ4n) is 9.24. The molecule has 0 heterocycles. The number of hydrogen-bond acceptors (Lipinski definition) is 0. The predicted molar refractivity (Wildman–Crippen MR) is 193 cm³/mol. The molecule has 0 N–H and O–H groups in total. The van der Waals surface area contributed by atoms with Gasteiger partial charge in [0.25, 0.3) is 0 Å². The minimum atomic E-state index is 0.573. The second-order valence-electron chi connectivity index (χ2n) is 17.2. The first kappa shape index (κ1) is 40.0. The van der Waals surface area contributed by atoms with Crippen LogP contribution >= 0.6 is 0 Å². The van der Waals surface area contributed by atoms with Gasteiger partial charge < -0.3 is 0 Å². The lowest BCUT2D eigenvalue weighted by molar-refractivity contribution is -0.141. The summed E-state index contributed by atoms with van der Waals surface area (Å²) in [6.07, 6.45) is 29.5. The van der Waals surface area contributed by atoms with Gasteiger partial charge in [0.15, 0.2) is 0 Å². The smallest absolute Gasteiger partial charge is 0.0292 e. The normalized spacial score (nSPS) is 36.3. The zero-order valence-corrected chi connectivity index (χ0v) is 31.8. The Morgan fingerprint density at radius 3 is 0.857 bits per heavy atom. The average molecular weight is 589 g/mol. The van der Waals surface area contributed by atoms with Crippen LogP contribution in [0.5, 0.6) is 0 Å². The van der Waals surface area contributed by atoms with Crippen molar-refractivity contribution in [3.63, 3.8) is 0 Å². The summed E-state index contributed by atoms with van der Waals surface area (Å²) < 4.78 is 0. The van der Waals surface area contributed by atoms with Crippen LogP contribution in [0.1, 0.15) is 212 Å². The van der Waals surface area contributed by atoms with Crippen molar-refractivity contribution in [3.8, 4) is 0 Å². The summed E-state index contributed by atoms with van der Waals surface area (Å²) in [7, 11) is 0. The van der Waals surface area contributed by atoms with Crippen LogP contribution in [-0.4, -0.2) is 0 Å². The molecule has 4 aliphatic carbocycles. The SMILES string of the molecule is CC1C(C)(C)C(C)C1(C)C.CC1CCCCC(C)CCCC1.CCC1CCC(CC)CC1.CCC1CCCCC1CC. The van der Waals surface area contributed by atoms with E-state index in [0.29, 0.717) is 10.8 Å². The van der Waals surface area contributed by atoms with Crippen LogP contribution in [0.3, 0.4) is 0 Å². The van der Waals surface area contributed by atoms with Crippen LogP contribution in [0.15, 0.2) is 0 Å². The Kier molecular flexibility index (Phi) is 19.9. The standard InChI is InChI=1S/C12H24.3C10H20/c1-11-7-3-5-9-12(2)10-6-4-8-11;1-7-9(3,4)8(2)10(7,5)6;1-3-9-5-7-10(4-2)8-6-9;1-3-9-7-5-6-8-10(9)4-2/h11-12H,3-10H2,1-2H3;7-8H,1-6H3;2*9-10H,3-8H2,1-2H3. The van der Waals surface area contributed by atoms with E-state index in [1.807, 2.05) is 0 Å². The van der Waals surface area contributed by atoms with Crippen LogP contribution in [0.4, 0.5) is 0 Å². The third kappa shape index (κ3) is 13.6. The van der Waals surface area contributed by atoms with E-state index in [4.69, 9.17) is 0 Å². The Labute approximate surface area is 269 Å². The summed E-state index contributed by atoms with van der Waals surface area (Å²) in [5.41, 5.74) is 1.15. The fourth-order valence-corrected chi connectivity index (χ4v) is 9.24. The molecular formula is C42H84. The zero-order chi connectivity index (χ0) is 31.8. The molecule has 0 bridgehead atoms. The molecule has 0 nitrogen and oxygen atoms in total. The first-order valence-electron chi connectivity index (χ1n) is 19.8. The lowest BCUT2D eigenvalue weighted by Gasteiger charge is -2.62. The molecule has 0 amide bonds. The van der Waals surface area contributed by atoms with Crippen molar-refractivity contribution >= 4 is 0 Å². The molecule has 0 saturated heterocycles. The Bertz CT molecular complexity index is 554. The predicted octanol–water partition coefficient (Wildman–Crippen LogP) is 14.9. The Balaban J connectivity index is 0.000000281. The topological polar surface area (TPSA) is 0 Å². The second kappa shape index (κ2) is 20.9. The van der Waals surface area contributed by atoms with E-state index in [0.717, 1.165) is 47.3 Å². The van der Waals surface area contributed by atoms with E-state index in [1.54, 1.807) is 0 Å². The van der Waals surface area contributed by atoms with Crippen molar-refractivity contribution in [1.29, 1.82) is 0 Å². The molecule has 4 aliphatic rings. The van der Waals surface area contributed by atoms with Crippen LogP contribution in [-0.2, 0) is 0 Å². The van der Waals surface area contributed by atoms with Crippen LogP contribution in [0.25, 0.3) is 0 Å². The second-order valence-corrected chi connectivity index (χ2v) is 17.2. The summed E-state index contributed by atoms with van der Waals surface area (Å²) in [5.74, 6) is 8.02. The Morgan fingerprint density at radius 2 is 0.643 bits per heavy atom. The van der Waals surface area contributed by atoms with Crippen LogP contribution in [0.2, 0.25) is 0 Å². The van der Waals surface area contributed by atoms with Gasteiger partial charge in [-0.05, 0) is 58.2 Å². The molecule has 4 saturated carbocycles. The van der Waals surface area contributed by atoms with Gasteiger partial charge in [-0.15, -0.1) is 0 Å². The van der Waals surface area contributed by atoms with E-state index >= 15 is 0 Å². The molecular weight excluding hydrogens is 504 g/mol.